The second-order valence-corrected chi connectivity index (χ2v) is 9.33. The van der Waals surface area contributed by atoms with Gasteiger partial charge >= 0.3 is 12.0 Å². The standard InChI is InChI=1S/C27H36N2O6/c1-7-33-24(30)26(3,4)35-23-13-12-22(16-19(23)2)34-15-14-27(18-28-25(31)29(27)5)17-20-8-10-21(32-6)11-9-20/h8-13,16H,7,14-15,17-18H2,1-6H3,(H,28,31). The predicted octanol–water partition coefficient (Wildman–Crippen LogP) is 4.13. The highest BCUT2D eigenvalue weighted by Crippen LogP contribution is 2.30. The molecule has 1 N–H and O–H groups in total. The maximum absolute atomic E-state index is 12.3. The third-order valence-corrected chi connectivity index (χ3v) is 6.39. The number of ether oxygens (including phenoxy) is 4. The number of likely N-dealkylation sites (N-methyl/N-ethyl adjacent to an activating group) is 1. The first-order chi connectivity index (χ1) is 16.6. The summed E-state index contributed by atoms with van der Waals surface area (Å²) in [4.78, 5) is 26.2. The number of nitrogens with zero attached hydrogens (tertiary/aromatic N) is 1. The molecule has 0 bridgehead atoms. The smallest absolute Gasteiger partial charge is 0.349 e. The van der Waals surface area contributed by atoms with Gasteiger partial charge in [-0.15, -0.1) is 0 Å². The molecule has 0 radical (unpaired) electrons. The van der Waals surface area contributed by atoms with Crippen LogP contribution in [0.25, 0.3) is 0 Å². The largest absolute Gasteiger partial charge is 0.497 e. The summed E-state index contributed by atoms with van der Waals surface area (Å²) in [5, 5.41) is 2.96. The normalized spacial score (nSPS) is 17.7. The third kappa shape index (κ3) is 6.18. The molecule has 190 valence electrons. The summed E-state index contributed by atoms with van der Waals surface area (Å²) < 4.78 is 22.3. The Morgan fingerprint density at radius 2 is 1.83 bits per heavy atom. The minimum absolute atomic E-state index is 0.0833. The fourth-order valence-corrected chi connectivity index (χ4v) is 4.15. The van der Waals surface area contributed by atoms with Gasteiger partial charge in [-0.05, 0) is 75.6 Å². The second-order valence-electron chi connectivity index (χ2n) is 9.33. The van der Waals surface area contributed by atoms with E-state index in [-0.39, 0.29) is 6.03 Å². The molecule has 2 aromatic rings. The molecular formula is C27H36N2O6. The molecule has 1 unspecified atom stereocenters. The first-order valence-electron chi connectivity index (χ1n) is 11.8. The summed E-state index contributed by atoms with van der Waals surface area (Å²) in [5.41, 5.74) is 0.482. The Morgan fingerprint density at radius 1 is 1.14 bits per heavy atom. The number of urea groups is 1. The average molecular weight is 485 g/mol. The van der Waals surface area contributed by atoms with E-state index in [4.69, 9.17) is 18.9 Å². The number of esters is 1. The summed E-state index contributed by atoms with van der Waals surface area (Å²) in [6.07, 6.45) is 1.35. The van der Waals surface area contributed by atoms with Crippen molar-refractivity contribution in [1.82, 2.24) is 10.2 Å². The lowest BCUT2D eigenvalue weighted by molar-refractivity contribution is -0.158. The highest BCUT2D eigenvalue weighted by atomic mass is 16.6. The quantitative estimate of drug-likeness (QED) is 0.483. The molecule has 1 heterocycles. The van der Waals surface area contributed by atoms with Crippen LogP contribution in [0, 0.1) is 6.92 Å². The summed E-state index contributed by atoms with van der Waals surface area (Å²) in [6, 6.07) is 13.3. The molecule has 1 atom stereocenters. The van der Waals surface area contributed by atoms with Crippen molar-refractivity contribution in [3.63, 3.8) is 0 Å². The van der Waals surface area contributed by atoms with E-state index in [2.05, 4.69) is 5.32 Å². The van der Waals surface area contributed by atoms with Crippen LogP contribution in [0.2, 0.25) is 0 Å². The number of hydrogen-bond acceptors (Lipinski definition) is 6. The van der Waals surface area contributed by atoms with Crippen LogP contribution in [0.4, 0.5) is 4.79 Å². The first kappa shape index (κ1) is 26.2. The van der Waals surface area contributed by atoms with Gasteiger partial charge in [0.25, 0.3) is 0 Å². The molecule has 8 heteroatoms. The van der Waals surface area contributed by atoms with Crippen molar-refractivity contribution < 1.29 is 28.5 Å². The summed E-state index contributed by atoms with van der Waals surface area (Å²) in [6.45, 7) is 8.32. The number of carbonyl (C=O) groups is 2. The molecule has 1 aliphatic rings. The number of carbonyl (C=O) groups excluding carboxylic acids is 2. The van der Waals surface area contributed by atoms with Gasteiger partial charge in [0.05, 0.1) is 25.9 Å². The lowest BCUT2D eigenvalue weighted by Gasteiger charge is -2.35. The summed E-state index contributed by atoms with van der Waals surface area (Å²) >= 11 is 0. The molecule has 1 fully saturated rings. The zero-order valence-corrected chi connectivity index (χ0v) is 21.5. The Labute approximate surface area is 207 Å². The fourth-order valence-electron chi connectivity index (χ4n) is 4.15. The summed E-state index contributed by atoms with van der Waals surface area (Å²) in [5.74, 6) is 1.68. The van der Waals surface area contributed by atoms with E-state index in [1.807, 2.05) is 50.4 Å². The van der Waals surface area contributed by atoms with Crippen LogP contribution in [0.5, 0.6) is 17.2 Å². The van der Waals surface area contributed by atoms with E-state index in [1.54, 1.807) is 38.8 Å². The Hall–Kier alpha value is -3.42. The topological polar surface area (TPSA) is 86.3 Å². The van der Waals surface area contributed by atoms with Crippen molar-refractivity contribution in [2.75, 3.05) is 33.9 Å². The van der Waals surface area contributed by atoms with Crippen molar-refractivity contribution in [3.8, 4) is 17.2 Å². The van der Waals surface area contributed by atoms with E-state index in [9.17, 15) is 9.59 Å². The van der Waals surface area contributed by atoms with Crippen molar-refractivity contribution >= 4 is 12.0 Å². The number of rotatable bonds is 11. The maximum atomic E-state index is 12.3. The molecule has 1 aliphatic heterocycles. The average Bonchev–Trinajstić information content (AvgIpc) is 3.10. The monoisotopic (exact) mass is 484 g/mol. The molecular weight excluding hydrogens is 448 g/mol. The number of benzene rings is 2. The van der Waals surface area contributed by atoms with Crippen LogP contribution < -0.4 is 19.5 Å². The minimum Gasteiger partial charge on any atom is -0.497 e. The molecule has 35 heavy (non-hydrogen) atoms. The molecule has 0 aromatic heterocycles. The number of hydrogen-bond donors (Lipinski definition) is 1. The molecule has 0 aliphatic carbocycles. The number of amides is 2. The van der Waals surface area contributed by atoms with Gasteiger partial charge in [0, 0.05) is 20.0 Å². The van der Waals surface area contributed by atoms with Crippen LogP contribution in [-0.4, -0.2) is 62.0 Å². The Kier molecular flexibility index (Phi) is 8.14. The summed E-state index contributed by atoms with van der Waals surface area (Å²) in [7, 11) is 3.47. The van der Waals surface area contributed by atoms with E-state index in [1.165, 1.54) is 0 Å². The van der Waals surface area contributed by atoms with Crippen LogP contribution in [0.3, 0.4) is 0 Å². The van der Waals surface area contributed by atoms with E-state index in [0.29, 0.717) is 44.1 Å². The van der Waals surface area contributed by atoms with Gasteiger partial charge < -0.3 is 29.2 Å². The highest BCUT2D eigenvalue weighted by Gasteiger charge is 2.43. The maximum Gasteiger partial charge on any atom is 0.349 e. The fraction of sp³-hybridized carbons (Fsp3) is 0.481. The molecule has 2 aromatic carbocycles. The zero-order chi connectivity index (χ0) is 25.6. The van der Waals surface area contributed by atoms with Crippen LogP contribution in [0.15, 0.2) is 42.5 Å². The Balaban J connectivity index is 1.65. The van der Waals surface area contributed by atoms with Gasteiger partial charge in [-0.3, -0.25) is 0 Å². The molecule has 0 spiro atoms. The SMILES string of the molecule is CCOC(=O)C(C)(C)Oc1ccc(OCCC2(Cc3ccc(OC)cc3)CNC(=O)N2C)cc1C. The van der Waals surface area contributed by atoms with Crippen LogP contribution in [0.1, 0.15) is 38.3 Å². The third-order valence-electron chi connectivity index (χ3n) is 6.39. The van der Waals surface area contributed by atoms with Gasteiger partial charge in [0.2, 0.25) is 0 Å². The minimum atomic E-state index is -1.09. The molecule has 2 amide bonds. The van der Waals surface area contributed by atoms with Crippen LogP contribution >= 0.6 is 0 Å². The number of nitrogens with one attached hydrogen (secondary N) is 1. The number of aryl methyl sites for hydroxylation is 1. The van der Waals surface area contributed by atoms with Gasteiger partial charge in [-0.1, -0.05) is 12.1 Å². The van der Waals surface area contributed by atoms with Gasteiger partial charge in [-0.25, -0.2) is 9.59 Å². The van der Waals surface area contributed by atoms with E-state index < -0.39 is 17.1 Å². The van der Waals surface area contributed by atoms with Crippen molar-refractivity contribution in [3.05, 3.63) is 53.6 Å². The number of methoxy groups -OCH3 is 1. The van der Waals surface area contributed by atoms with Gasteiger partial charge in [-0.2, -0.15) is 0 Å². The van der Waals surface area contributed by atoms with Crippen molar-refractivity contribution in [2.24, 2.45) is 0 Å². The predicted molar refractivity (Wildman–Crippen MR) is 133 cm³/mol. The van der Waals surface area contributed by atoms with E-state index >= 15 is 0 Å². The molecule has 1 saturated heterocycles. The lowest BCUT2D eigenvalue weighted by atomic mass is 9.87. The second kappa shape index (κ2) is 10.9. The van der Waals surface area contributed by atoms with Gasteiger partial charge in [0.1, 0.15) is 17.2 Å². The lowest BCUT2D eigenvalue weighted by Crippen LogP contribution is -2.47. The Bertz CT molecular complexity index is 1040. The highest BCUT2D eigenvalue weighted by molar-refractivity contribution is 5.79. The first-order valence-corrected chi connectivity index (χ1v) is 11.8. The van der Waals surface area contributed by atoms with Crippen molar-refractivity contribution in [1.29, 1.82) is 0 Å². The van der Waals surface area contributed by atoms with Crippen molar-refractivity contribution in [2.45, 2.75) is 51.7 Å². The van der Waals surface area contributed by atoms with Crippen LogP contribution in [-0.2, 0) is 16.0 Å². The zero-order valence-electron chi connectivity index (χ0n) is 21.5. The molecule has 8 nitrogen and oxygen atoms in total. The molecule has 3 rings (SSSR count). The Morgan fingerprint density at radius 3 is 2.40 bits per heavy atom. The van der Waals surface area contributed by atoms with Gasteiger partial charge in [0.15, 0.2) is 5.60 Å². The van der Waals surface area contributed by atoms with E-state index in [0.717, 1.165) is 16.9 Å². The molecule has 0 saturated carbocycles.